The van der Waals surface area contributed by atoms with Crippen LogP contribution < -0.4 is 5.32 Å². The number of benzene rings is 1. The van der Waals surface area contributed by atoms with Crippen LogP contribution in [0.15, 0.2) is 41.0 Å². The van der Waals surface area contributed by atoms with Crippen LogP contribution in [0.4, 0.5) is 5.69 Å². The summed E-state index contributed by atoms with van der Waals surface area (Å²) in [7, 11) is 0. The summed E-state index contributed by atoms with van der Waals surface area (Å²) in [6.07, 6.45) is 0.810. The molecule has 0 saturated heterocycles. The third-order valence-corrected chi connectivity index (χ3v) is 2.84. The second kappa shape index (κ2) is 5.45. The molecule has 90 valence electrons. The molecule has 0 aliphatic heterocycles. The SMILES string of the molecule is OC(CNc1ccc(Cl)cc1Cl)c1ccco1. The van der Waals surface area contributed by atoms with Gasteiger partial charge in [-0.05, 0) is 30.3 Å². The number of aliphatic hydroxyl groups is 1. The lowest BCUT2D eigenvalue weighted by Gasteiger charge is -2.12. The van der Waals surface area contributed by atoms with Crippen LogP contribution in [0.25, 0.3) is 0 Å². The highest BCUT2D eigenvalue weighted by Crippen LogP contribution is 2.26. The van der Waals surface area contributed by atoms with Crippen molar-refractivity contribution in [2.75, 3.05) is 11.9 Å². The van der Waals surface area contributed by atoms with Crippen LogP contribution in [-0.4, -0.2) is 11.7 Å². The molecule has 0 aliphatic carbocycles. The van der Waals surface area contributed by atoms with Crippen LogP contribution in [0.5, 0.6) is 0 Å². The van der Waals surface area contributed by atoms with Crippen LogP contribution in [-0.2, 0) is 0 Å². The van der Waals surface area contributed by atoms with Gasteiger partial charge in [-0.1, -0.05) is 23.2 Å². The first-order chi connectivity index (χ1) is 8.16. The molecule has 1 unspecified atom stereocenters. The number of furan rings is 1. The molecule has 1 heterocycles. The zero-order valence-electron chi connectivity index (χ0n) is 8.86. The maximum absolute atomic E-state index is 9.79. The van der Waals surface area contributed by atoms with Crippen molar-refractivity contribution < 1.29 is 9.52 Å². The van der Waals surface area contributed by atoms with Gasteiger partial charge in [0.05, 0.1) is 17.0 Å². The van der Waals surface area contributed by atoms with Crippen molar-refractivity contribution in [3.05, 3.63) is 52.4 Å². The van der Waals surface area contributed by atoms with Crippen molar-refractivity contribution in [2.24, 2.45) is 0 Å². The molecule has 3 nitrogen and oxygen atoms in total. The summed E-state index contributed by atoms with van der Waals surface area (Å²) in [5.41, 5.74) is 0.724. The summed E-state index contributed by atoms with van der Waals surface area (Å²) >= 11 is 11.8. The fourth-order valence-electron chi connectivity index (χ4n) is 1.42. The Morgan fingerprint density at radius 3 is 2.76 bits per heavy atom. The first-order valence-corrected chi connectivity index (χ1v) is 5.83. The predicted octanol–water partition coefficient (Wildman–Crippen LogP) is 3.73. The normalized spacial score (nSPS) is 12.4. The van der Waals surface area contributed by atoms with Crippen LogP contribution in [0.1, 0.15) is 11.9 Å². The van der Waals surface area contributed by atoms with Gasteiger partial charge in [0.2, 0.25) is 0 Å². The van der Waals surface area contributed by atoms with E-state index in [1.54, 1.807) is 30.3 Å². The molecule has 2 N–H and O–H groups in total. The highest BCUT2D eigenvalue weighted by Gasteiger charge is 2.10. The minimum absolute atomic E-state index is 0.314. The van der Waals surface area contributed by atoms with E-state index in [4.69, 9.17) is 27.6 Å². The molecular formula is C12H11Cl2NO2. The Balaban J connectivity index is 1.98. The van der Waals surface area contributed by atoms with Gasteiger partial charge in [-0.3, -0.25) is 0 Å². The molecule has 0 aliphatic rings. The van der Waals surface area contributed by atoms with Crippen molar-refractivity contribution in [3.63, 3.8) is 0 Å². The largest absolute Gasteiger partial charge is 0.467 e. The number of anilines is 1. The smallest absolute Gasteiger partial charge is 0.134 e. The first kappa shape index (κ1) is 12.3. The van der Waals surface area contributed by atoms with Gasteiger partial charge in [-0.2, -0.15) is 0 Å². The van der Waals surface area contributed by atoms with E-state index in [1.807, 2.05) is 0 Å². The summed E-state index contributed by atoms with van der Waals surface area (Å²) in [6.45, 7) is 0.314. The first-order valence-electron chi connectivity index (χ1n) is 5.07. The molecule has 1 aromatic heterocycles. The lowest BCUT2D eigenvalue weighted by Crippen LogP contribution is -2.11. The Hall–Kier alpha value is -1.16. The summed E-state index contributed by atoms with van der Waals surface area (Å²) < 4.78 is 5.09. The van der Waals surface area contributed by atoms with Crippen LogP contribution >= 0.6 is 23.2 Å². The highest BCUT2D eigenvalue weighted by atomic mass is 35.5. The lowest BCUT2D eigenvalue weighted by molar-refractivity contribution is 0.162. The van der Waals surface area contributed by atoms with Crippen molar-refractivity contribution in [1.29, 1.82) is 0 Å². The summed E-state index contributed by atoms with van der Waals surface area (Å²) in [6, 6.07) is 8.59. The predicted molar refractivity (Wildman–Crippen MR) is 68.6 cm³/mol. The summed E-state index contributed by atoms with van der Waals surface area (Å²) in [5.74, 6) is 0.516. The number of nitrogens with one attached hydrogen (secondary N) is 1. The number of hydrogen-bond acceptors (Lipinski definition) is 3. The van der Waals surface area contributed by atoms with Crippen molar-refractivity contribution in [3.8, 4) is 0 Å². The van der Waals surface area contributed by atoms with Gasteiger partial charge in [0.1, 0.15) is 11.9 Å². The number of halogens is 2. The van der Waals surface area contributed by atoms with Gasteiger partial charge < -0.3 is 14.8 Å². The second-order valence-electron chi connectivity index (χ2n) is 3.54. The quantitative estimate of drug-likeness (QED) is 0.891. The molecule has 0 bridgehead atoms. The van der Waals surface area contributed by atoms with Crippen molar-refractivity contribution in [1.82, 2.24) is 0 Å². The number of hydrogen-bond donors (Lipinski definition) is 2. The minimum Gasteiger partial charge on any atom is -0.467 e. The third kappa shape index (κ3) is 3.16. The van der Waals surface area contributed by atoms with E-state index in [0.29, 0.717) is 22.4 Å². The Labute approximate surface area is 109 Å². The lowest BCUT2D eigenvalue weighted by atomic mass is 10.2. The monoisotopic (exact) mass is 271 g/mol. The highest BCUT2D eigenvalue weighted by molar-refractivity contribution is 6.36. The maximum atomic E-state index is 9.79. The van der Waals surface area contributed by atoms with Crippen molar-refractivity contribution >= 4 is 28.9 Å². The van der Waals surface area contributed by atoms with Crippen LogP contribution in [0.2, 0.25) is 10.0 Å². The fourth-order valence-corrected chi connectivity index (χ4v) is 1.90. The molecule has 1 atom stereocenters. The standard InChI is InChI=1S/C12H11Cl2NO2/c13-8-3-4-10(9(14)6-8)15-7-11(16)12-2-1-5-17-12/h1-6,11,15-16H,7H2. The molecule has 0 spiro atoms. The van der Waals surface area contributed by atoms with E-state index >= 15 is 0 Å². The van der Waals surface area contributed by atoms with Gasteiger partial charge in [-0.15, -0.1) is 0 Å². The molecule has 0 radical (unpaired) electrons. The topological polar surface area (TPSA) is 45.4 Å². The average Bonchev–Trinajstić information content (AvgIpc) is 2.81. The van der Waals surface area contributed by atoms with Gasteiger partial charge in [0.15, 0.2) is 0 Å². The van der Waals surface area contributed by atoms with E-state index in [2.05, 4.69) is 5.32 Å². The van der Waals surface area contributed by atoms with E-state index in [0.717, 1.165) is 5.69 Å². The van der Waals surface area contributed by atoms with Gasteiger partial charge in [-0.25, -0.2) is 0 Å². The molecule has 0 fully saturated rings. The van der Waals surface area contributed by atoms with Gasteiger partial charge >= 0.3 is 0 Å². The van der Waals surface area contributed by atoms with Gasteiger partial charge in [0, 0.05) is 11.6 Å². The molecule has 2 rings (SSSR count). The molecule has 2 aromatic rings. The van der Waals surface area contributed by atoms with Crippen LogP contribution in [0.3, 0.4) is 0 Å². The van der Waals surface area contributed by atoms with Gasteiger partial charge in [0.25, 0.3) is 0 Å². The average molecular weight is 272 g/mol. The minimum atomic E-state index is -0.711. The van der Waals surface area contributed by atoms with E-state index in [-0.39, 0.29) is 0 Å². The Morgan fingerprint density at radius 2 is 2.12 bits per heavy atom. The third-order valence-electron chi connectivity index (χ3n) is 2.29. The Bertz CT molecular complexity index is 485. The second-order valence-corrected chi connectivity index (χ2v) is 4.38. The number of aliphatic hydroxyl groups excluding tert-OH is 1. The molecule has 0 saturated carbocycles. The van der Waals surface area contributed by atoms with Crippen LogP contribution in [0, 0.1) is 0 Å². The molecule has 17 heavy (non-hydrogen) atoms. The summed E-state index contributed by atoms with van der Waals surface area (Å²) in [4.78, 5) is 0. The van der Waals surface area contributed by atoms with Crippen molar-refractivity contribution in [2.45, 2.75) is 6.10 Å². The van der Waals surface area contributed by atoms with E-state index < -0.39 is 6.10 Å². The Morgan fingerprint density at radius 1 is 1.29 bits per heavy atom. The molecule has 1 aromatic carbocycles. The van der Waals surface area contributed by atoms with E-state index in [9.17, 15) is 5.11 Å². The Kier molecular flexibility index (Phi) is 3.94. The molecule has 0 amide bonds. The number of rotatable bonds is 4. The molecule has 5 heteroatoms. The summed E-state index contributed by atoms with van der Waals surface area (Å²) in [5, 5.41) is 13.9. The fraction of sp³-hybridized carbons (Fsp3) is 0.167. The maximum Gasteiger partial charge on any atom is 0.134 e. The van der Waals surface area contributed by atoms with E-state index in [1.165, 1.54) is 6.26 Å². The zero-order chi connectivity index (χ0) is 12.3. The molecular weight excluding hydrogens is 261 g/mol. The zero-order valence-corrected chi connectivity index (χ0v) is 10.4.